The van der Waals surface area contributed by atoms with E-state index in [4.69, 9.17) is 34.8 Å². The topological polar surface area (TPSA) is 20.3 Å². The van der Waals surface area contributed by atoms with Crippen molar-refractivity contribution in [1.29, 1.82) is 0 Å². The van der Waals surface area contributed by atoms with Crippen LogP contribution in [-0.2, 0) is 4.79 Å². The fourth-order valence-electron chi connectivity index (χ4n) is 3.74. The van der Waals surface area contributed by atoms with Crippen LogP contribution in [0.3, 0.4) is 0 Å². The number of halogens is 4. The number of ketones is 1. The maximum atomic E-state index is 12.4. The lowest BCUT2D eigenvalue weighted by Crippen LogP contribution is -2.28. The Morgan fingerprint density at radius 2 is 1.67 bits per heavy atom. The Kier molecular flexibility index (Phi) is 19.7. The van der Waals surface area contributed by atoms with Gasteiger partial charge in [0.2, 0.25) is 0 Å². The molecule has 0 saturated heterocycles. The van der Waals surface area contributed by atoms with Gasteiger partial charge in [0.25, 0.3) is 0 Å². The highest BCUT2D eigenvalue weighted by atomic mass is 35.5. The highest BCUT2D eigenvalue weighted by Gasteiger charge is 2.20. The lowest BCUT2D eigenvalue weighted by molar-refractivity contribution is -0.116. The molecule has 0 saturated carbocycles. The molecule has 2 aromatic rings. The standard InChI is InChI=1S/C22H31Cl2N.C7H6ClF.C4H8O/c1-6-15-25(22(20(23)7-2)21(24)8-3)16-14-19(17(4)5)18-12-10-9-11-13-18;1-5-2-3-7(9)6(8)4-5;1-3-4(2)5/h7-13,17,19H,2,6,14-16H2,1,3-5H3;2-4H,1H3;3H2,1-2H3/b21-8+,22-20-;;. The van der Waals surface area contributed by atoms with Gasteiger partial charge in [-0.3, -0.25) is 0 Å². The van der Waals surface area contributed by atoms with Gasteiger partial charge < -0.3 is 9.69 Å². The van der Waals surface area contributed by atoms with Crippen LogP contribution in [0.2, 0.25) is 5.02 Å². The first-order valence-corrected chi connectivity index (χ1v) is 14.6. The summed E-state index contributed by atoms with van der Waals surface area (Å²) in [6, 6.07) is 15.4. The Hall–Kier alpha value is -2.07. The molecule has 39 heavy (non-hydrogen) atoms. The summed E-state index contributed by atoms with van der Waals surface area (Å²) in [5.41, 5.74) is 3.26. The predicted octanol–water partition coefficient (Wildman–Crippen LogP) is 11.1. The van der Waals surface area contributed by atoms with E-state index in [1.807, 2.05) is 26.8 Å². The summed E-state index contributed by atoms with van der Waals surface area (Å²) in [7, 11) is 0. The Morgan fingerprint density at radius 1 is 1.08 bits per heavy atom. The molecule has 0 aliphatic carbocycles. The van der Waals surface area contributed by atoms with Crippen LogP contribution in [0, 0.1) is 18.7 Å². The molecular weight excluding hydrogens is 552 g/mol. The Morgan fingerprint density at radius 3 is 2.08 bits per heavy atom. The SMILES string of the molecule is C=C/C(Cl)=C(\C(Cl)=C/C)N(CCC)CCC(c1ccccc1)C(C)C.CCC(C)=O.Cc1ccc(F)c(Cl)c1. The third-order valence-electron chi connectivity index (χ3n) is 6.01. The average Bonchev–Trinajstić information content (AvgIpc) is 2.91. The number of nitrogens with zero attached hydrogens (tertiary/aromatic N) is 1. The molecule has 216 valence electrons. The van der Waals surface area contributed by atoms with Crippen LogP contribution in [0.1, 0.15) is 77.8 Å². The van der Waals surface area contributed by atoms with Gasteiger partial charge in [0.1, 0.15) is 11.6 Å². The number of aryl methyl sites for hydroxylation is 1. The molecule has 0 fully saturated rings. The molecular formula is C33H45Cl3FNO. The molecule has 1 atom stereocenters. The number of Topliss-reactive ketones (excluding diaryl/α,β-unsaturated/α-hetero) is 1. The van der Waals surface area contributed by atoms with Crippen molar-refractivity contribution in [2.75, 3.05) is 13.1 Å². The summed E-state index contributed by atoms with van der Waals surface area (Å²) in [6.07, 6.45) is 6.32. The van der Waals surface area contributed by atoms with Gasteiger partial charge in [0, 0.05) is 19.5 Å². The van der Waals surface area contributed by atoms with Gasteiger partial charge in [-0.15, -0.1) is 0 Å². The van der Waals surface area contributed by atoms with E-state index in [9.17, 15) is 9.18 Å². The zero-order valence-corrected chi connectivity index (χ0v) is 26.8. The monoisotopic (exact) mass is 595 g/mol. The number of rotatable bonds is 11. The van der Waals surface area contributed by atoms with Crippen LogP contribution in [0.5, 0.6) is 0 Å². The zero-order chi connectivity index (χ0) is 30.0. The van der Waals surface area contributed by atoms with Gasteiger partial charge in [-0.25, -0.2) is 4.39 Å². The minimum atomic E-state index is -0.359. The van der Waals surface area contributed by atoms with Crippen molar-refractivity contribution in [3.63, 3.8) is 0 Å². The van der Waals surface area contributed by atoms with Crippen molar-refractivity contribution < 1.29 is 9.18 Å². The molecule has 0 aliphatic heterocycles. The fourth-order valence-corrected chi connectivity index (χ4v) is 4.46. The minimum absolute atomic E-state index is 0.190. The summed E-state index contributed by atoms with van der Waals surface area (Å²) in [6.45, 7) is 19.6. The number of hydrogen-bond donors (Lipinski definition) is 0. The van der Waals surface area contributed by atoms with Crippen molar-refractivity contribution >= 4 is 40.6 Å². The van der Waals surface area contributed by atoms with Gasteiger partial charge in [0.15, 0.2) is 0 Å². The Bertz CT molecular complexity index is 1060. The van der Waals surface area contributed by atoms with Crippen molar-refractivity contribution in [3.8, 4) is 0 Å². The molecule has 0 aromatic heterocycles. The first kappa shape index (κ1) is 36.9. The average molecular weight is 597 g/mol. The lowest BCUT2D eigenvalue weighted by Gasteiger charge is -2.31. The third kappa shape index (κ3) is 14.8. The number of benzene rings is 2. The predicted molar refractivity (Wildman–Crippen MR) is 170 cm³/mol. The van der Waals surface area contributed by atoms with Crippen molar-refractivity contribution in [3.05, 3.63) is 105 Å². The maximum absolute atomic E-state index is 12.4. The van der Waals surface area contributed by atoms with Crippen LogP contribution in [0.15, 0.2) is 83.0 Å². The molecule has 0 spiro atoms. The van der Waals surface area contributed by atoms with Crippen LogP contribution in [0.4, 0.5) is 4.39 Å². The molecule has 6 heteroatoms. The van der Waals surface area contributed by atoms with Crippen LogP contribution < -0.4 is 0 Å². The molecule has 0 radical (unpaired) electrons. The van der Waals surface area contributed by atoms with Crippen molar-refractivity contribution in [2.45, 2.75) is 73.6 Å². The number of hydrogen-bond acceptors (Lipinski definition) is 2. The van der Waals surface area contributed by atoms with Gasteiger partial charge in [-0.1, -0.05) is 112 Å². The summed E-state index contributed by atoms with van der Waals surface area (Å²) < 4.78 is 12.4. The fraction of sp³-hybridized carbons (Fsp3) is 0.424. The normalized spacial score (nSPS) is 12.4. The van der Waals surface area contributed by atoms with E-state index in [1.54, 1.807) is 25.1 Å². The van der Waals surface area contributed by atoms with E-state index in [0.29, 0.717) is 28.3 Å². The number of allylic oxidation sites excluding steroid dienone is 4. The summed E-state index contributed by atoms with van der Waals surface area (Å²) >= 11 is 18.3. The molecule has 0 heterocycles. The molecule has 2 aromatic carbocycles. The number of carbonyl (C=O) groups is 1. The first-order valence-electron chi connectivity index (χ1n) is 13.5. The Balaban J connectivity index is 0.000000837. The highest BCUT2D eigenvalue weighted by Crippen LogP contribution is 2.31. The van der Waals surface area contributed by atoms with E-state index >= 15 is 0 Å². The highest BCUT2D eigenvalue weighted by molar-refractivity contribution is 6.36. The van der Waals surface area contributed by atoms with E-state index < -0.39 is 0 Å². The van der Waals surface area contributed by atoms with E-state index in [2.05, 4.69) is 62.6 Å². The molecule has 0 N–H and O–H groups in total. The van der Waals surface area contributed by atoms with Crippen molar-refractivity contribution in [1.82, 2.24) is 4.90 Å². The second-order valence-corrected chi connectivity index (χ2v) is 10.8. The van der Waals surface area contributed by atoms with E-state index in [0.717, 1.165) is 37.2 Å². The minimum Gasteiger partial charge on any atom is -0.369 e. The van der Waals surface area contributed by atoms with Crippen molar-refractivity contribution in [2.24, 2.45) is 5.92 Å². The molecule has 0 bridgehead atoms. The van der Waals surface area contributed by atoms with E-state index in [1.165, 1.54) is 11.6 Å². The Labute approximate surface area is 251 Å². The van der Waals surface area contributed by atoms with Gasteiger partial charge in [-0.2, -0.15) is 0 Å². The van der Waals surface area contributed by atoms with Crippen LogP contribution in [-0.4, -0.2) is 23.8 Å². The van der Waals surface area contributed by atoms with Crippen LogP contribution >= 0.6 is 34.8 Å². The zero-order valence-electron chi connectivity index (χ0n) is 24.5. The molecule has 0 aliphatic rings. The smallest absolute Gasteiger partial charge is 0.141 e. The first-order chi connectivity index (χ1) is 18.4. The summed E-state index contributed by atoms with van der Waals surface area (Å²) in [5.74, 6) is 0.978. The maximum Gasteiger partial charge on any atom is 0.141 e. The van der Waals surface area contributed by atoms with Gasteiger partial charge >= 0.3 is 0 Å². The summed E-state index contributed by atoms with van der Waals surface area (Å²) in [4.78, 5) is 12.1. The molecule has 1 unspecified atom stereocenters. The van der Waals surface area contributed by atoms with Gasteiger partial charge in [-0.05, 0) is 74.8 Å². The number of carbonyl (C=O) groups excluding carboxylic acids is 1. The second kappa shape index (κ2) is 20.8. The molecule has 2 rings (SSSR count). The largest absolute Gasteiger partial charge is 0.369 e. The van der Waals surface area contributed by atoms with Crippen LogP contribution in [0.25, 0.3) is 0 Å². The summed E-state index contributed by atoms with van der Waals surface area (Å²) in [5, 5.41) is 1.48. The van der Waals surface area contributed by atoms with Gasteiger partial charge in [0.05, 0.1) is 20.8 Å². The van der Waals surface area contributed by atoms with E-state index in [-0.39, 0.29) is 16.6 Å². The quantitative estimate of drug-likeness (QED) is 0.240. The molecule has 0 amide bonds. The molecule has 2 nitrogen and oxygen atoms in total. The second-order valence-electron chi connectivity index (χ2n) is 9.55. The lowest BCUT2D eigenvalue weighted by atomic mass is 9.85. The third-order valence-corrected chi connectivity index (χ3v) is 7.03.